The SMILES string of the molecule is CC(F)(F)c1ccc(-c2cc(N)c(C#N)c3c2OCC3)cc1.CC(F)(F)c1ccc(-c2cc(NC(=O)[C@@H]3CO3)c(C#N)c3c2OCC3)cc1.N#Cc1c(N)cc(Cl)c2c1CCO2. The van der Waals surface area contributed by atoms with Crippen LogP contribution in [0.3, 0.4) is 0 Å². The number of nitrogens with two attached hydrogens (primary N) is 2. The van der Waals surface area contributed by atoms with Crippen LogP contribution in [0.5, 0.6) is 17.2 Å². The van der Waals surface area contributed by atoms with E-state index in [4.69, 9.17) is 47.3 Å². The van der Waals surface area contributed by atoms with Crippen molar-refractivity contribution in [3.63, 3.8) is 0 Å². The molecular formula is C46H37ClF4N6O5. The van der Waals surface area contributed by atoms with Crippen molar-refractivity contribution in [1.29, 1.82) is 15.8 Å². The standard InChI is InChI=1S/C20H16F2N2O3.C17H14F2N2O.C9H7ClN2O/c1-20(21,22)12-4-2-11(3-5-12)14-8-16(24-19(25)17-10-27-17)15(9-23)13-6-7-26-18(13)14;1-17(18,19)11-4-2-10(3-5-11)13-8-15(21)14(9-20)12-6-7-22-16(12)13;10-7-3-8(12)6(4-11)5-1-2-13-9(5)7/h2-5,8,17H,6-7,10H2,1H3,(H,24,25);2-5,8H,6-7,21H2,1H3;3H,1-2,12H2/t17-;;/m0../s1. The van der Waals surface area contributed by atoms with E-state index in [0.717, 1.165) is 36.1 Å². The van der Waals surface area contributed by atoms with Crippen LogP contribution in [0.2, 0.25) is 5.02 Å². The molecular weight excluding hydrogens is 828 g/mol. The van der Waals surface area contributed by atoms with Crippen LogP contribution in [0, 0.1) is 34.0 Å². The highest BCUT2D eigenvalue weighted by Gasteiger charge is 2.33. The highest BCUT2D eigenvalue weighted by Crippen LogP contribution is 2.44. The van der Waals surface area contributed by atoms with E-state index < -0.39 is 17.9 Å². The largest absolute Gasteiger partial charge is 0.492 e. The van der Waals surface area contributed by atoms with E-state index in [1.54, 1.807) is 42.5 Å². The first-order valence-electron chi connectivity index (χ1n) is 19.3. The summed E-state index contributed by atoms with van der Waals surface area (Å²) >= 11 is 5.89. The number of hydrogen-bond donors (Lipinski definition) is 3. The third-order valence-corrected chi connectivity index (χ3v) is 10.9. The van der Waals surface area contributed by atoms with Crippen molar-refractivity contribution < 1.29 is 41.3 Å². The summed E-state index contributed by atoms with van der Waals surface area (Å²) in [5, 5.41) is 30.8. The average Bonchev–Trinajstić information content (AvgIpc) is 3.54. The second kappa shape index (κ2) is 17.2. The molecule has 62 heavy (non-hydrogen) atoms. The number of fused-ring (bicyclic) bond motifs is 3. The van der Waals surface area contributed by atoms with Gasteiger partial charge in [0, 0.05) is 72.1 Å². The number of nitrogens with one attached hydrogen (secondary N) is 1. The predicted molar refractivity (Wildman–Crippen MR) is 223 cm³/mol. The topological polar surface area (TPSA) is 193 Å². The first-order chi connectivity index (χ1) is 29.5. The molecule has 0 aromatic heterocycles. The monoisotopic (exact) mass is 864 g/mol. The van der Waals surface area contributed by atoms with Crippen LogP contribution in [0.1, 0.15) is 58.4 Å². The Kier molecular flexibility index (Phi) is 11.9. The zero-order valence-electron chi connectivity index (χ0n) is 33.3. The Hall–Kier alpha value is -6.99. The van der Waals surface area contributed by atoms with Crippen molar-refractivity contribution in [2.24, 2.45) is 0 Å². The molecule has 316 valence electrons. The van der Waals surface area contributed by atoms with Crippen molar-refractivity contribution in [1.82, 2.24) is 0 Å². The Morgan fingerprint density at radius 2 is 1.08 bits per heavy atom. The molecule has 11 nitrogen and oxygen atoms in total. The minimum absolute atomic E-state index is 0.0459. The molecule has 5 N–H and O–H groups in total. The summed E-state index contributed by atoms with van der Waals surface area (Å²) in [6.45, 7) is 3.56. The number of nitriles is 3. The molecule has 0 unspecified atom stereocenters. The number of benzene rings is 5. The molecule has 1 saturated heterocycles. The molecule has 4 aliphatic heterocycles. The summed E-state index contributed by atoms with van der Waals surface area (Å²) < 4.78 is 75.1. The third-order valence-electron chi connectivity index (χ3n) is 10.6. The van der Waals surface area contributed by atoms with Gasteiger partial charge in [-0.25, -0.2) is 17.6 Å². The van der Waals surface area contributed by atoms with E-state index in [1.807, 2.05) is 0 Å². The fourth-order valence-corrected chi connectivity index (χ4v) is 7.64. The number of hydrogen-bond acceptors (Lipinski definition) is 10. The Morgan fingerprint density at radius 3 is 1.52 bits per heavy atom. The molecule has 4 heterocycles. The van der Waals surface area contributed by atoms with E-state index >= 15 is 0 Å². The number of epoxide rings is 1. The Balaban J connectivity index is 0.000000148. The molecule has 16 heteroatoms. The number of halogens is 5. The van der Waals surface area contributed by atoms with Crippen LogP contribution in [-0.2, 0) is 40.6 Å². The second-order valence-electron chi connectivity index (χ2n) is 14.9. The number of nitrogen functional groups attached to an aromatic ring is 2. The molecule has 0 spiro atoms. The number of carbonyl (C=O) groups is 1. The summed E-state index contributed by atoms with van der Waals surface area (Å²) in [6.07, 6.45) is 1.39. The van der Waals surface area contributed by atoms with Gasteiger partial charge in [-0.1, -0.05) is 60.1 Å². The smallest absolute Gasteiger partial charge is 0.270 e. The van der Waals surface area contributed by atoms with Crippen LogP contribution in [0.4, 0.5) is 34.6 Å². The second-order valence-corrected chi connectivity index (χ2v) is 15.3. The molecule has 1 atom stereocenters. The van der Waals surface area contributed by atoms with Crippen LogP contribution in [0.25, 0.3) is 22.3 Å². The van der Waals surface area contributed by atoms with Crippen molar-refractivity contribution >= 4 is 34.6 Å². The maximum Gasteiger partial charge on any atom is 0.270 e. The first-order valence-corrected chi connectivity index (χ1v) is 19.7. The minimum Gasteiger partial charge on any atom is -0.492 e. The number of amides is 1. The van der Waals surface area contributed by atoms with Gasteiger partial charge >= 0.3 is 0 Å². The maximum absolute atomic E-state index is 13.5. The van der Waals surface area contributed by atoms with Gasteiger partial charge in [-0.05, 0) is 29.3 Å². The summed E-state index contributed by atoms with van der Waals surface area (Å²) in [5.74, 6) is -4.30. The van der Waals surface area contributed by atoms with Crippen molar-refractivity contribution in [3.05, 3.63) is 116 Å². The zero-order chi connectivity index (χ0) is 44.5. The van der Waals surface area contributed by atoms with Crippen LogP contribution < -0.4 is 31.0 Å². The average molecular weight is 865 g/mol. The lowest BCUT2D eigenvalue weighted by Crippen LogP contribution is -2.19. The molecule has 1 fully saturated rings. The number of ether oxygens (including phenoxy) is 4. The quantitative estimate of drug-likeness (QED) is 0.0842. The highest BCUT2D eigenvalue weighted by atomic mass is 35.5. The van der Waals surface area contributed by atoms with Gasteiger partial charge in [0.05, 0.1) is 65.2 Å². The van der Waals surface area contributed by atoms with Gasteiger partial charge in [0.1, 0.15) is 35.5 Å². The van der Waals surface area contributed by atoms with Gasteiger partial charge in [0.2, 0.25) is 0 Å². The van der Waals surface area contributed by atoms with Crippen molar-refractivity contribution in [2.45, 2.75) is 51.1 Å². The number of carbonyl (C=O) groups excluding carboxylic acids is 1. The zero-order valence-corrected chi connectivity index (χ0v) is 34.1. The third kappa shape index (κ3) is 8.75. The fourth-order valence-electron chi connectivity index (χ4n) is 7.35. The molecule has 5 aromatic rings. The lowest BCUT2D eigenvalue weighted by molar-refractivity contribution is -0.117. The van der Waals surface area contributed by atoms with Gasteiger partial charge in [-0.2, -0.15) is 15.8 Å². The maximum atomic E-state index is 13.5. The first kappa shape index (κ1) is 43.1. The summed E-state index contributed by atoms with van der Waals surface area (Å²) in [4.78, 5) is 12.1. The molecule has 4 aliphatic rings. The van der Waals surface area contributed by atoms with Crippen LogP contribution in [0.15, 0.2) is 66.7 Å². The number of anilines is 3. The van der Waals surface area contributed by atoms with Crippen LogP contribution in [-0.4, -0.2) is 38.4 Å². The van der Waals surface area contributed by atoms with E-state index in [1.165, 1.54) is 24.3 Å². The molecule has 5 aromatic carbocycles. The minimum atomic E-state index is -2.93. The molecule has 0 bridgehead atoms. The molecule has 1 amide bonds. The van der Waals surface area contributed by atoms with Gasteiger partial charge in [0.15, 0.2) is 6.10 Å². The van der Waals surface area contributed by atoms with E-state index in [9.17, 15) is 32.9 Å². The van der Waals surface area contributed by atoms with Gasteiger partial charge in [-0.15, -0.1) is 0 Å². The van der Waals surface area contributed by atoms with Gasteiger partial charge in [0.25, 0.3) is 17.8 Å². The Bertz CT molecular complexity index is 2710. The van der Waals surface area contributed by atoms with Crippen molar-refractivity contribution in [2.75, 3.05) is 43.2 Å². The predicted octanol–water partition coefficient (Wildman–Crippen LogP) is 9.19. The highest BCUT2D eigenvalue weighted by molar-refractivity contribution is 6.32. The molecule has 9 rings (SSSR count). The Morgan fingerprint density at radius 1 is 0.677 bits per heavy atom. The molecule has 0 radical (unpaired) electrons. The molecule has 0 saturated carbocycles. The van der Waals surface area contributed by atoms with Gasteiger partial charge in [-0.3, -0.25) is 4.79 Å². The number of rotatable bonds is 6. The number of nitrogens with zero attached hydrogens (tertiary/aromatic N) is 3. The summed E-state index contributed by atoms with van der Waals surface area (Å²) in [5.41, 5.74) is 19.1. The summed E-state index contributed by atoms with van der Waals surface area (Å²) in [6, 6.07) is 23.1. The van der Waals surface area contributed by atoms with Gasteiger partial charge < -0.3 is 35.7 Å². The summed E-state index contributed by atoms with van der Waals surface area (Å²) in [7, 11) is 0. The normalized spacial score (nSPS) is 15.2. The van der Waals surface area contributed by atoms with E-state index in [-0.39, 0.29) is 17.0 Å². The lowest BCUT2D eigenvalue weighted by Gasteiger charge is -2.15. The lowest BCUT2D eigenvalue weighted by atomic mass is 9.94. The number of alkyl halides is 4. The van der Waals surface area contributed by atoms with Crippen molar-refractivity contribution in [3.8, 4) is 57.7 Å². The molecule has 0 aliphatic carbocycles. The van der Waals surface area contributed by atoms with E-state index in [2.05, 4.69) is 23.5 Å². The van der Waals surface area contributed by atoms with Crippen LogP contribution >= 0.6 is 11.6 Å². The Labute approximate surface area is 358 Å². The fraction of sp³-hybridized carbons (Fsp3) is 0.261. The van der Waals surface area contributed by atoms with E-state index in [0.29, 0.717) is 118 Å².